The molecule has 0 unspecified atom stereocenters. The van der Waals surface area contributed by atoms with Gasteiger partial charge in [0.2, 0.25) is 5.91 Å². The molecule has 0 spiro atoms. The van der Waals surface area contributed by atoms with Crippen molar-refractivity contribution in [1.29, 1.82) is 0 Å². The number of benzene rings is 2. The Bertz CT molecular complexity index is 719. The normalized spacial score (nSPS) is 10.3. The van der Waals surface area contributed by atoms with Crippen LogP contribution in [0.3, 0.4) is 0 Å². The van der Waals surface area contributed by atoms with E-state index in [1.807, 2.05) is 18.2 Å². The Labute approximate surface area is 154 Å². The van der Waals surface area contributed by atoms with Crippen LogP contribution in [0.5, 0.6) is 0 Å². The number of hydrogen-bond acceptors (Lipinski definition) is 2. The Hall–Kier alpha value is -1.85. The molecule has 0 atom stereocenters. The maximum absolute atomic E-state index is 12.1. The average Bonchev–Trinajstić information content (AvgIpc) is 2.57. The molecule has 126 valence electrons. The van der Waals surface area contributed by atoms with E-state index in [9.17, 15) is 9.59 Å². The van der Waals surface area contributed by atoms with Crippen molar-refractivity contribution >= 4 is 39.3 Å². The van der Waals surface area contributed by atoms with E-state index in [2.05, 4.69) is 21.2 Å². The molecule has 0 radical (unpaired) electrons. The lowest BCUT2D eigenvalue weighted by molar-refractivity contribution is -0.130. The number of nitrogens with zero attached hydrogens (tertiary/aromatic N) is 1. The van der Waals surface area contributed by atoms with Gasteiger partial charge in [0.25, 0.3) is 5.91 Å². The SMILES string of the molecule is CN(Cc1ccccc1Cl)C(=O)CCNC(=O)c1ccc(Br)cc1. The third-order valence-corrected chi connectivity index (χ3v) is 4.42. The second-order valence-electron chi connectivity index (χ2n) is 5.35. The first kappa shape index (κ1) is 18.5. The number of nitrogens with one attached hydrogen (secondary N) is 1. The minimum Gasteiger partial charge on any atom is -0.352 e. The van der Waals surface area contributed by atoms with Gasteiger partial charge in [0.15, 0.2) is 0 Å². The lowest BCUT2D eigenvalue weighted by atomic mass is 10.2. The van der Waals surface area contributed by atoms with Gasteiger partial charge in [-0.15, -0.1) is 0 Å². The average molecular weight is 410 g/mol. The van der Waals surface area contributed by atoms with Gasteiger partial charge in [0.1, 0.15) is 0 Å². The molecule has 0 aliphatic rings. The van der Waals surface area contributed by atoms with Crippen molar-refractivity contribution in [2.75, 3.05) is 13.6 Å². The lowest BCUT2D eigenvalue weighted by Gasteiger charge is -2.18. The Morgan fingerprint density at radius 2 is 1.79 bits per heavy atom. The zero-order valence-electron chi connectivity index (χ0n) is 13.3. The van der Waals surface area contributed by atoms with Crippen LogP contribution in [0.25, 0.3) is 0 Å². The molecule has 2 aromatic carbocycles. The first-order valence-corrected chi connectivity index (χ1v) is 8.65. The molecule has 1 N–H and O–H groups in total. The predicted molar refractivity (Wildman–Crippen MR) is 99.0 cm³/mol. The molecule has 2 aromatic rings. The summed E-state index contributed by atoms with van der Waals surface area (Å²) < 4.78 is 0.912. The fourth-order valence-corrected chi connectivity index (χ4v) is 2.61. The van der Waals surface area contributed by atoms with Crippen LogP contribution in [-0.2, 0) is 11.3 Å². The highest BCUT2D eigenvalue weighted by atomic mass is 79.9. The molecule has 0 heterocycles. The molecule has 6 heteroatoms. The third-order valence-electron chi connectivity index (χ3n) is 3.52. The maximum atomic E-state index is 12.1. The van der Waals surface area contributed by atoms with Gasteiger partial charge >= 0.3 is 0 Å². The van der Waals surface area contributed by atoms with Crippen LogP contribution >= 0.6 is 27.5 Å². The molecule has 24 heavy (non-hydrogen) atoms. The van der Waals surface area contributed by atoms with Gasteiger partial charge in [-0.25, -0.2) is 0 Å². The first-order valence-electron chi connectivity index (χ1n) is 7.48. The second-order valence-corrected chi connectivity index (χ2v) is 6.68. The van der Waals surface area contributed by atoms with Crippen LogP contribution in [0.4, 0.5) is 0 Å². The molecular formula is C18H18BrClN2O2. The summed E-state index contributed by atoms with van der Waals surface area (Å²) in [4.78, 5) is 25.7. The lowest BCUT2D eigenvalue weighted by Crippen LogP contribution is -2.31. The van der Waals surface area contributed by atoms with E-state index in [0.717, 1.165) is 10.0 Å². The van der Waals surface area contributed by atoms with Crippen molar-refractivity contribution in [2.45, 2.75) is 13.0 Å². The number of carbonyl (C=O) groups excluding carboxylic acids is 2. The summed E-state index contributed by atoms with van der Waals surface area (Å²) in [6.07, 6.45) is 0.239. The van der Waals surface area contributed by atoms with Crippen LogP contribution in [0.15, 0.2) is 53.0 Å². The highest BCUT2D eigenvalue weighted by Crippen LogP contribution is 2.16. The summed E-state index contributed by atoms with van der Waals surface area (Å²) in [5.74, 6) is -0.241. The van der Waals surface area contributed by atoms with Crippen LogP contribution in [0.1, 0.15) is 22.3 Å². The zero-order chi connectivity index (χ0) is 17.5. The minimum absolute atomic E-state index is 0.0500. The highest BCUT2D eigenvalue weighted by molar-refractivity contribution is 9.10. The number of amides is 2. The standard InChI is InChI=1S/C18H18BrClN2O2/c1-22(12-14-4-2-3-5-16(14)20)17(23)10-11-21-18(24)13-6-8-15(19)9-7-13/h2-9H,10-12H2,1H3,(H,21,24). The number of halogens is 2. The molecular weight excluding hydrogens is 392 g/mol. The van der Waals surface area contributed by atoms with Gasteiger partial charge in [-0.05, 0) is 35.9 Å². The molecule has 0 saturated carbocycles. The summed E-state index contributed by atoms with van der Waals surface area (Å²) in [7, 11) is 1.72. The van der Waals surface area contributed by atoms with E-state index in [0.29, 0.717) is 23.7 Å². The van der Waals surface area contributed by atoms with Crippen molar-refractivity contribution < 1.29 is 9.59 Å². The first-order chi connectivity index (χ1) is 11.5. The highest BCUT2D eigenvalue weighted by Gasteiger charge is 2.12. The monoisotopic (exact) mass is 408 g/mol. The van der Waals surface area contributed by atoms with Gasteiger partial charge in [0, 0.05) is 41.6 Å². The minimum atomic E-state index is -0.191. The molecule has 0 bridgehead atoms. The molecule has 2 rings (SSSR count). The maximum Gasteiger partial charge on any atom is 0.251 e. The van der Waals surface area contributed by atoms with Gasteiger partial charge in [-0.2, -0.15) is 0 Å². The second kappa shape index (κ2) is 8.85. The van der Waals surface area contributed by atoms with Gasteiger partial charge in [-0.1, -0.05) is 45.7 Å². The molecule has 0 aromatic heterocycles. The quantitative estimate of drug-likeness (QED) is 0.787. The van der Waals surface area contributed by atoms with E-state index < -0.39 is 0 Å². The number of rotatable bonds is 6. The largest absolute Gasteiger partial charge is 0.352 e. The summed E-state index contributed by atoms with van der Waals surface area (Å²) >= 11 is 9.42. The predicted octanol–water partition coefficient (Wildman–Crippen LogP) is 3.88. The summed E-state index contributed by atoms with van der Waals surface area (Å²) in [5, 5.41) is 3.39. The van der Waals surface area contributed by atoms with E-state index in [1.165, 1.54) is 0 Å². The van der Waals surface area contributed by atoms with E-state index in [1.54, 1.807) is 42.3 Å². The van der Waals surface area contributed by atoms with Crippen molar-refractivity contribution in [1.82, 2.24) is 10.2 Å². The van der Waals surface area contributed by atoms with E-state index in [4.69, 9.17) is 11.6 Å². The fourth-order valence-electron chi connectivity index (χ4n) is 2.15. The summed E-state index contributed by atoms with van der Waals surface area (Å²) in [5.41, 5.74) is 1.46. The molecule has 0 fully saturated rings. The topological polar surface area (TPSA) is 49.4 Å². The van der Waals surface area contributed by atoms with E-state index in [-0.39, 0.29) is 18.2 Å². The van der Waals surface area contributed by atoms with Crippen LogP contribution in [0.2, 0.25) is 5.02 Å². The van der Waals surface area contributed by atoms with Crippen molar-refractivity contribution in [3.05, 3.63) is 69.2 Å². The third kappa shape index (κ3) is 5.35. The Kier molecular flexibility index (Phi) is 6.82. The Balaban J connectivity index is 1.79. The molecule has 0 aliphatic heterocycles. The van der Waals surface area contributed by atoms with Gasteiger partial charge in [-0.3, -0.25) is 9.59 Å². The number of hydrogen-bond donors (Lipinski definition) is 1. The van der Waals surface area contributed by atoms with Crippen molar-refractivity contribution in [2.24, 2.45) is 0 Å². The fraction of sp³-hybridized carbons (Fsp3) is 0.222. The molecule has 0 aliphatic carbocycles. The smallest absolute Gasteiger partial charge is 0.251 e. The molecule has 4 nitrogen and oxygen atoms in total. The Morgan fingerprint density at radius 1 is 1.12 bits per heavy atom. The number of carbonyl (C=O) groups is 2. The van der Waals surface area contributed by atoms with E-state index >= 15 is 0 Å². The zero-order valence-corrected chi connectivity index (χ0v) is 15.6. The molecule has 2 amide bonds. The van der Waals surface area contributed by atoms with Crippen LogP contribution < -0.4 is 5.32 Å². The van der Waals surface area contributed by atoms with Crippen LogP contribution in [-0.4, -0.2) is 30.3 Å². The Morgan fingerprint density at radius 3 is 2.46 bits per heavy atom. The summed E-state index contributed by atoms with van der Waals surface area (Å²) in [6.45, 7) is 0.736. The van der Waals surface area contributed by atoms with Crippen LogP contribution in [0, 0.1) is 0 Å². The van der Waals surface area contributed by atoms with Gasteiger partial charge < -0.3 is 10.2 Å². The molecule has 0 saturated heterocycles. The van der Waals surface area contributed by atoms with Gasteiger partial charge in [0.05, 0.1) is 0 Å². The van der Waals surface area contributed by atoms with Crippen molar-refractivity contribution in [3.63, 3.8) is 0 Å². The van der Waals surface area contributed by atoms with Crippen molar-refractivity contribution in [3.8, 4) is 0 Å². The summed E-state index contributed by atoms with van der Waals surface area (Å²) in [6, 6.07) is 14.5.